The molecule has 0 aliphatic carbocycles. The molecule has 0 fully saturated rings. The summed E-state index contributed by atoms with van der Waals surface area (Å²) in [6, 6.07) is 8.27. The predicted octanol–water partition coefficient (Wildman–Crippen LogP) is 4.27. The Labute approximate surface area is 101 Å². The molecule has 0 spiro atoms. The summed E-state index contributed by atoms with van der Waals surface area (Å²) >= 11 is 5.88. The topological polar surface area (TPSA) is 12.9 Å². The molecule has 0 radical (unpaired) electrons. The number of halogens is 1. The van der Waals surface area contributed by atoms with E-state index in [0.717, 1.165) is 12.0 Å². The molecular weight excluding hydrogens is 218 g/mol. The van der Waals surface area contributed by atoms with Crippen LogP contribution >= 0.6 is 11.6 Å². The third-order valence-corrected chi connectivity index (χ3v) is 3.03. The molecule has 1 aromatic heterocycles. The first-order valence-electron chi connectivity index (χ1n) is 5.43. The second-order valence-electron chi connectivity index (χ2n) is 3.74. The SMILES string of the molecule is CC/C(=C/c1cncc2ccccc12)CCl. The second kappa shape index (κ2) is 5.13. The van der Waals surface area contributed by atoms with Gasteiger partial charge in [-0.3, -0.25) is 4.98 Å². The molecule has 0 aliphatic rings. The van der Waals surface area contributed by atoms with E-state index in [9.17, 15) is 0 Å². The zero-order valence-corrected chi connectivity index (χ0v) is 10.0. The van der Waals surface area contributed by atoms with Crippen molar-refractivity contribution in [2.45, 2.75) is 13.3 Å². The molecule has 2 heteroatoms. The average Bonchev–Trinajstić information content (AvgIpc) is 2.36. The predicted molar refractivity (Wildman–Crippen MR) is 70.7 cm³/mol. The molecule has 1 heterocycles. The lowest BCUT2D eigenvalue weighted by atomic mass is 10.1. The van der Waals surface area contributed by atoms with Gasteiger partial charge in [0.15, 0.2) is 0 Å². The number of fused-ring (bicyclic) bond motifs is 1. The smallest absolute Gasteiger partial charge is 0.0436 e. The van der Waals surface area contributed by atoms with Crippen molar-refractivity contribution in [2.24, 2.45) is 0 Å². The molecule has 0 saturated carbocycles. The average molecular weight is 232 g/mol. The minimum Gasteiger partial charge on any atom is -0.263 e. The van der Waals surface area contributed by atoms with Crippen LogP contribution in [0.5, 0.6) is 0 Å². The van der Waals surface area contributed by atoms with E-state index in [1.54, 1.807) is 0 Å². The minimum atomic E-state index is 0.583. The molecule has 2 rings (SSSR count). The summed E-state index contributed by atoms with van der Waals surface area (Å²) in [5.74, 6) is 0.583. The summed E-state index contributed by atoms with van der Waals surface area (Å²) in [4.78, 5) is 4.25. The molecule has 0 N–H and O–H groups in total. The Kier molecular flexibility index (Phi) is 3.58. The Bertz CT molecular complexity index is 506. The molecule has 1 nitrogen and oxygen atoms in total. The van der Waals surface area contributed by atoms with E-state index in [2.05, 4.69) is 30.1 Å². The molecule has 16 heavy (non-hydrogen) atoms. The van der Waals surface area contributed by atoms with Gasteiger partial charge in [0.1, 0.15) is 0 Å². The van der Waals surface area contributed by atoms with Gasteiger partial charge in [0.25, 0.3) is 0 Å². The van der Waals surface area contributed by atoms with Crippen molar-refractivity contribution in [1.82, 2.24) is 4.98 Å². The van der Waals surface area contributed by atoms with Crippen LogP contribution in [-0.4, -0.2) is 10.9 Å². The number of nitrogens with zero attached hydrogens (tertiary/aromatic N) is 1. The number of benzene rings is 1. The number of allylic oxidation sites excluding steroid dienone is 1. The first-order chi connectivity index (χ1) is 7.85. The Balaban J connectivity index is 2.56. The number of alkyl halides is 1. The Morgan fingerprint density at radius 1 is 1.31 bits per heavy atom. The number of pyridine rings is 1. The molecule has 0 saturated heterocycles. The molecule has 0 atom stereocenters. The summed E-state index contributed by atoms with van der Waals surface area (Å²) < 4.78 is 0. The van der Waals surface area contributed by atoms with Crippen molar-refractivity contribution >= 4 is 28.4 Å². The van der Waals surface area contributed by atoms with Crippen LogP contribution in [0.15, 0.2) is 42.2 Å². The maximum atomic E-state index is 5.88. The number of aromatic nitrogens is 1. The van der Waals surface area contributed by atoms with Crippen LogP contribution in [0.3, 0.4) is 0 Å². The second-order valence-corrected chi connectivity index (χ2v) is 4.01. The van der Waals surface area contributed by atoms with Crippen LogP contribution in [0.1, 0.15) is 18.9 Å². The maximum absolute atomic E-state index is 5.88. The van der Waals surface area contributed by atoms with Crippen LogP contribution in [0, 0.1) is 0 Å². The van der Waals surface area contributed by atoms with Crippen LogP contribution in [0.2, 0.25) is 0 Å². The van der Waals surface area contributed by atoms with Crippen LogP contribution in [-0.2, 0) is 0 Å². The fraction of sp³-hybridized carbons (Fsp3) is 0.214. The van der Waals surface area contributed by atoms with E-state index in [1.165, 1.54) is 16.3 Å². The highest BCUT2D eigenvalue weighted by molar-refractivity contribution is 6.19. The third-order valence-electron chi connectivity index (χ3n) is 2.68. The first-order valence-corrected chi connectivity index (χ1v) is 5.96. The van der Waals surface area contributed by atoms with Crippen molar-refractivity contribution in [3.63, 3.8) is 0 Å². The fourth-order valence-corrected chi connectivity index (χ4v) is 1.98. The Morgan fingerprint density at radius 2 is 2.12 bits per heavy atom. The Hall–Kier alpha value is -1.34. The van der Waals surface area contributed by atoms with Gasteiger partial charge in [0.05, 0.1) is 0 Å². The van der Waals surface area contributed by atoms with Crippen LogP contribution in [0.4, 0.5) is 0 Å². The van der Waals surface area contributed by atoms with Gasteiger partial charge in [-0.05, 0) is 11.8 Å². The lowest BCUT2D eigenvalue weighted by Gasteiger charge is -2.03. The van der Waals surface area contributed by atoms with Gasteiger partial charge >= 0.3 is 0 Å². The quantitative estimate of drug-likeness (QED) is 0.719. The Morgan fingerprint density at radius 3 is 2.88 bits per heavy atom. The molecule has 0 amide bonds. The number of hydrogen-bond donors (Lipinski definition) is 0. The summed E-state index contributed by atoms with van der Waals surface area (Å²) in [6.45, 7) is 2.12. The van der Waals surface area contributed by atoms with Crippen molar-refractivity contribution < 1.29 is 0 Å². The summed E-state index contributed by atoms with van der Waals surface area (Å²) in [5, 5.41) is 2.40. The molecule has 0 aliphatic heterocycles. The van der Waals surface area contributed by atoms with Gasteiger partial charge in [-0.25, -0.2) is 0 Å². The summed E-state index contributed by atoms with van der Waals surface area (Å²) in [7, 11) is 0. The van der Waals surface area contributed by atoms with E-state index in [0.29, 0.717) is 5.88 Å². The normalized spacial score (nSPS) is 12.0. The first kappa shape index (κ1) is 11.2. The van der Waals surface area contributed by atoms with E-state index in [4.69, 9.17) is 11.6 Å². The van der Waals surface area contributed by atoms with E-state index >= 15 is 0 Å². The van der Waals surface area contributed by atoms with Gasteiger partial charge in [-0.15, -0.1) is 11.6 Å². The lowest BCUT2D eigenvalue weighted by Crippen LogP contribution is -1.86. The molecular formula is C14H14ClN. The minimum absolute atomic E-state index is 0.583. The van der Waals surface area contributed by atoms with E-state index < -0.39 is 0 Å². The highest BCUT2D eigenvalue weighted by Gasteiger charge is 1.99. The van der Waals surface area contributed by atoms with Crippen molar-refractivity contribution in [2.75, 3.05) is 5.88 Å². The van der Waals surface area contributed by atoms with Gasteiger partial charge in [-0.1, -0.05) is 42.8 Å². The summed E-state index contributed by atoms with van der Waals surface area (Å²) in [5.41, 5.74) is 2.38. The third kappa shape index (κ3) is 2.25. The van der Waals surface area contributed by atoms with E-state index in [-0.39, 0.29) is 0 Å². The van der Waals surface area contributed by atoms with Crippen molar-refractivity contribution in [3.8, 4) is 0 Å². The monoisotopic (exact) mass is 231 g/mol. The van der Waals surface area contributed by atoms with Gasteiger partial charge in [0.2, 0.25) is 0 Å². The molecule has 0 bridgehead atoms. The highest BCUT2D eigenvalue weighted by atomic mass is 35.5. The maximum Gasteiger partial charge on any atom is 0.0436 e. The summed E-state index contributed by atoms with van der Waals surface area (Å²) in [6.07, 6.45) is 6.90. The van der Waals surface area contributed by atoms with Crippen LogP contribution < -0.4 is 0 Å². The van der Waals surface area contributed by atoms with Gasteiger partial charge in [-0.2, -0.15) is 0 Å². The largest absolute Gasteiger partial charge is 0.263 e. The van der Waals surface area contributed by atoms with E-state index in [1.807, 2.05) is 24.5 Å². The lowest BCUT2D eigenvalue weighted by molar-refractivity contribution is 1.12. The van der Waals surface area contributed by atoms with Gasteiger partial charge in [0, 0.05) is 29.2 Å². The highest BCUT2D eigenvalue weighted by Crippen LogP contribution is 2.20. The molecule has 0 unspecified atom stereocenters. The zero-order valence-electron chi connectivity index (χ0n) is 9.28. The molecule has 1 aromatic carbocycles. The standard InChI is InChI=1S/C14H14ClN/c1-2-11(8-15)7-13-10-16-9-12-5-3-4-6-14(12)13/h3-7,9-10H,2,8H2,1H3/b11-7-. The van der Waals surface area contributed by atoms with Crippen molar-refractivity contribution in [3.05, 3.63) is 47.8 Å². The molecule has 2 aromatic rings. The van der Waals surface area contributed by atoms with Crippen molar-refractivity contribution in [1.29, 1.82) is 0 Å². The fourth-order valence-electron chi connectivity index (χ4n) is 1.71. The number of rotatable bonds is 3. The van der Waals surface area contributed by atoms with Crippen LogP contribution in [0.25, 0.3) is 16.8 Å². The van der Waals surface area contributed by atoms with Gasteiger partial charge < -0.3 is 0 Å². The zero-order chi connectivity index (χ0) is 11.4. The number of hydrogen-bond acceptors (Lipinski definition) is 1. The molecule has 82 valence electrons.